The number of nitrogens with zero attached hydrogens (tertiary/aromatic N) is 6. The number of carbonyl (C=O) groups is 3. The molecule has 3 fully saturated rings. The van der Waals surface area contributed by atoms with Gasteiger partial charge in [-0.2, -0.15) is 0 Å². The number of fused-ring (bicyclic) bond motifs is 2. The van der Waals surface area contributed by atoms with Gasteiger partial charge in [0.25, 0.3) is 5.91 Å². The second-order valence-corrected chi connectivity index (χ2v) is 20.3. The van der Waals surface area contributed by atoms with Crippen LogP contribution in [0, 0.1) is 5.92 Å². The monoisotopic (exact) mass is 756 g/mol. The highest BCUT2D eigenvalue weighted by Gasteiger charge is 2.66. The number of aryl methyl sites for hydroxylation is 1. The number of aromatic nitrogens is 3. The summed E-state index contributed by atoms with van der Waals surface area (Å²) in [5, 5.41) is 17.8. The van der Waals surface area contributed by atoms with Crippen molar-refractivity contribution in [3.05, 3.63) is 65.5 Å². The van der Waals surface area contributed by atoms with Crippen molar-refractivity contribution in [2.24, 2.45) is 5.92 Å². The van der Waals surface area contributed by atoms with Crippen molar-refractivity contribution in [2.75, 3.05) is 34.4 Å². The van der Waals surface area contributed by atoms with E-state index in [0.29, 0.717) is 51.0 Å². The minimum absolute atomic E-state index is 0.0133. The van der Waals surface area contributed by atoms with Gasteiger partial charge in [-0.15, -0.1) is 5.10 Å². The standard InChI is InChI=1S/C41H56N6O6Si/c1-29-39(54(2,3)52)36(19-23-44-28-31(20-24-48)42-43-44)53-41(29)34-26-33(46-22-11-7-5-9-16-38(46)50)17-18-35(34)47(40(41)51)27-30-13-12-14-32(25-30)45-21-10-6-4-8-15-37(45)49/h12-14,17-18,25-26,28-29,36,39,48,52H,4-11,15-16,19-24,27H2,1-3H3/t29-,36+,39-,41+/m0/s1. The van der Waals surface area contributed by atoms with Crippen LogP contribution in [0.1, 0.15) is 94.4 Å². The number of hydrogen-bond donors (Lipinski definition) is 2. The summed E-state index contributed by atoms with van der Waals surface area (Å²) in [5.41, 5.74) is 3.04. The van der Waals surface area contributed by atoms with Crippen LogP contribution in [0.4, 0.5) is 17.1 Å². The van der Waals surface area contributed by atoms with Gasteiger partial charge in [0.15, 0.2) is 13.9 Å². The zero-order valence-electron chi connectivity index (χ0n) is 32.1. The average molecular weight is 757 g/mol. The summed E-state index contributed by atoms with van der Waals surface area (Å²) in [6.07, 6.45) is 11.3. The number of rotatable bonds is 10. The number of ether oxygens (including phenoxy) is 1. The Morgan fingerprint density at radius 2 is 1.56 bits per heavy atom. The van der Waals surface area contributed by atoms with Gasteiger partial charge in [-0.3, -0.25) is 19.1 Å². The molecule has 0 aliphatic carbocycles. The molecular weight excluding hydrogens is 701 g/mol. The fourth-order valence-electron chi connectivity index (χ4n) is 9.47. The van der Waals surface area contributed by atoms with E-state index in [4.69, 9.17) is 4.74 Å². The maximum Gasteiger partial charge on any atom is 0.264 e. The molecule has 1 spiro atoms. The molecule has 2 N–H and O–H groups in total. The zero-order valence-corrected chi connectivity index (χ0v) is 33.1. The van der Waals surface area contributed by atoms with E-state index in [9.17, 15) is 19.5 Å². The molecule has 5 heterocycles. The molecule has 0 bridgehead atoms. The first-order valence-corrected chi connectivity index (χ1v) is 23.1. The van der Waals surface area contributed by atoms with Crippen molar-refractivity contribution >= 4 is 43.1 Å². The Morgan fingerprint density at radius 3 is 2.22 bits per heavy atom. The van der Waals surface area contributed by atoms with Crippen LogP contribution in [0.2, 0.25) is 18.6 Å². The Bertz CT molecular complexity index is 1840. The lowest BCUT2D eigenvalue weighted by Crippen LogP contribution is -2.46. The first-order chi connectivity index (χ1) is 26.0. The summed E-state index contributed by atoms with van der Waals surface area (Å²) in [5.74, 6) is -0.315. The number of anilines is 3. The number of hydrogen-bond acceptors (Lipinski definition) is 8. The molecule has 7 rings (SSSR count). The topological polar surface area (TPSA) is 141 Å². The van der Waals surface area contributed by atoms with Crippen molar-refractivity contribution in [1.82, 2.24) is 15.0 Å². The fraction of sp³-hybridized carbons (Fsp3) is 0.585. The lowest BCUT2D eigenvalue weighted by molar-refractivity contribution is -0.146. The van der Waals surface area contributed by atoms with E-state index in [1.54, 1.807) is 4.68 Å². The predicted molar refractivity (Wildman–Crippen MR) is 210 cm³/mol. The molecule has 2 aromatic carbocycles. The number of aliphatic hydroxyl groups excluding tert-OH is 1. The van der Waals surface area contributed by atoms with Crippen LogP contribution in [0.5, 0.6) is 0 Å². The molecule has 4 atom stereocenters. The lowest BCUT2D eigenvalue weighted by atomic mass is 9.82. The second kappa shape index (κ2) is 16.1. The van der Waals surface area contributed by atoms with Crippen molar-refractivity contribution in [2.45, 2.75) is 127 Å². The van der Waals surface area contributed by atoms with Crippen LogP contribution >= 0.6 is 0 Å². The molecule has 1 aromatic heterocycles. The van der Waals surface area contributed by atoms with Gasteiger partial charge in [-0.1, -0.05) is 50.0 Å². The minimum atomic E-state index is -2.92. The molecule has 3 saturated heterocycles. The Hall–Kier alpha value is -3.91. The van der Waals surface area contributed by atoms with Gasteiger partial charge in [0.2, 0.25) is 11.8 Å². The number of benzene rings is 2. The molecule has 4 aliphatic rings. The third kappa shape index (κ3) is 7.52. The number of amides is 3. The summed E-state index contributed by atoms with van der Waals surface area (Å²) in [7, 11) is -2.92. The van der Waals surface area contributed by atoms with Gasteiger partial charge in [0.05, 0.1) is 24.0 Å². The molecule has 13 heteroatoms. The van der Waals surface area contributed by atoms with E-state index in [1.165, 1.54) is 0 Å². The van der Waals surface area contributed by atoms with Crippen LogP contribution in [0.15, 0.2) is 48.7 Å². The lowest BCUT2D eigenvalue weighted by Gasteiger charge is -2.33. The summed E-state index contributed by atoms with van der Waals surface area (Å²) < 4.78 is 8.88. The molecule has 0 unspecified atom stereocenters. The molecular formula is C41H56N6O6Si. The summed E-state index contributed by atoms with van der Waals surface area (Å²) in [6, 6.07) is 13.9. The zero-order chi connectivity index (χ0) is 38.0. The minimum Gasteiger partial charge on any atom is -0.432 e. The molecule has 0 saturated carbocycles. The third-order valence-corrected chi connectivity index (χ3v) is 14.6. The highest BCUT2D eigenvalue weighted by atomic mass is 28.4. The molecule has 3 aromatic rings. The van der Waals surface area contributed by atoms with Crippen molar-refractivity contribution < 1.29 is 29.0 Å². The summed E-state index contributed by atoms with van der Waals surface area (Å²) in [4.78, 5) is 59.4. The van der Waals surface area contributed by atoms with Crippen LogP contribution in [0.3, 0.4) is 0 Å². The van der Waals surface area contributed by atoms with E-state index in [-0.39, 0.29) is 42.3 Å². The SMILES string of the molecule is C[C@H]1[C@H]([Si](C)(C)O)[C@@H](CCn2cc(CCO)nn2)O[C@]12C(=O)N(Cc1cccc(N3CCCCCCC3=O)c1)c1ccc(N3CCCCCCC3=O)cc12. The number of aliphatic hydroxyl groups is 1. The van der Waals surface area contributed by atoms with Gasteiger partial charge in [-0.05, 0) is 81.1 Å². The highest BCUT2D eigenvalue weighted by molar-refractivity contribution is 6.71. The second-order valence-electron chi connectivity index (χ2n) is 16.3. The number of carbonyl (C=O) groups excluding carboxylic acids is 3. The Kier molecular flexibility index (Phi) is 11.4. The van der Waals surface area contributed by atoms with E-state index < -0.39 is 20.0 Å². The molecule has 290 valence electrons. The normalized spacial score (nSPS) is 25.5. The Balaban J connectivity index is 1.26. The van der Waals surface area contributed by atoms with Gasteiger partial charge >= 0.3 is 0 Å². The van der Waals surface area contributed by atoms with E-state index in [0.717, 1.165) is 79.6 Å². The van der Waals surface area contributed by atoms with E-state index in [2.05, 4.69) is 10.3 Å². The van der Waals surface area contributed by atoms with Crippen molar-refractivity contribution in [3.8, 4) is 0 Å². The van der Waals surface area contributed by atoms with E-state index in [1.807, 2.05) is 83.4 Å². The quantitative estimate of drug-likeness (QED) is 0.246. The average Bonchev–Trinajstić information content (AvgIpc) is 3.77. The van der Waals surface area contributed by atoms with Crippen LogP contribution in [-0.4, -0.2) is 76.7 Å². The van der Waals surface area contributed by atoms with Crippen molar-refractivity contribution in [3.63, 3.8) is 0 Å². The van der Waals surface area contributed by atoms with Crippen LogP contribution in [-0.2, 0) is 44.2 Å². The van der Waals surface area contributed by atoms with Gasteiger partial charge < -0.3 is 29.3 Å². The Labute approximate surface area is 319 Å². The molecule has 0 radical (unpaired) electrons. The van der Waals surface area contributed by atoms with E-state index >= 15 is 4.79 Å². The van der Waals surface area contributed by atoms with Gasteiger partial charge in [0.1, 0.15) is 0 Å². The molecule has 4 aliphatic heterocycles. The summed E-state index contributed by atoms with van der Waals surface area (Å²) >= 11 is 0. The molecule has 12 nitrogen and oxygen atoms in total. The fourth-order valence-corrected chi connectivity index (χ4v) is 12.1. The molecule has 54 heavy (non-hydrogen) atoms. The third-order valence-electron chi connectivity index (χ3n) is 12.1. The summed E-state index contributed by atoms with van der Waals surface area (Å²) in [6.45, 7) is 7.93. The molecule has 3 amide bonds. The van der Waals surface area contributed by atoms with Gasteiger partial charge in [0, 0.05) is 80.1 Å². The first-order valence-electron chi connectivity index (χ1n) is 20.1. The van der Waals surface area contributed by atoms with Crippen molar-refractivity contribution in [1.29, 1.82) is 0 Å². The highest BCUT2D eigenvalue weighted by Crippen LogP contribution is 2.60. The predicted octanol–water partition coefficient (Wildman–Crippen LogP) is 5.84. The van der Waals surface area contributed by atoms with Gasteiger partial charge in [-0.25, -0.2) is 0 Å². The van der Waals surface area contributed by atoms with Crippen LogP contribution in [0.25, 0.3) is 0 Å². The Morgan fingerprint density at radius 1 is 0.889 bits per heavy atom. The van der Waals surface area contributed by atoms with Crippen LogP contribution < -0.4 is 14.7 Å². The maximum absolute atomic E-state index is 15.3. The maximum atomic E-state index is 15.3. The smallest absolute Gasteiger partial charge is 0.264 e. The largest absolute Gasteiger partial charge is 0.432 e. The first kappa shape index (κ1) is 38.4.